The van der Waals surface area contributed by atoms with E-state index in [0.717, 1.165) is 25.9 Å². The maximum atomic E-state index is 12.0. The molecule has 0 unspecified atom stereocenters. The summed E-state index contributed by atoms with van der Waals surface area (Å²) in [6.45, 7) is 5.64. The maximum absolute atomic E-state index is 12.0. The first kappa shape index (κ1) is 19.1. The first-order valence-corrected chi connectivity index (χ1v) is 9.05. The summed E-state index contributed by atoms with van der Waals surface area (Å²) >= 11 is 0. The Labute approximate surface area is 153 Å². The van der Waals surface area contributed by atoms with Gasteiger partial charge in [-0.3, -0.25) is 4.79 Å². The van der Waals surface area contributed by atoms with Gasteiger partial charge in [-0.25, -0.2) is 0 Å². The molecule has 0 radical (unpaired) electrons. The van der Waals surface area contributed by atoms with Crippen molar-refractivity contribution in [1.82, 2.24) is 20.4 Å². The molecule has 1 aromatic heterocycles. The zero-order chi connectivity index (χ0) is 18.9. The third-order valence-electron chi connectivity index (χ3n) is 5.26. The SMILES string of the molecule is Cc1nc(N2CCC3(CC2)C[C@](C)(O)[C@@H](NC(=O)CN(C)C)CO3)no1. The molecule has 2 saturated heterocycles. The minimum Gasteiger partial charge on any atom is -0.388 e. The topological polar surface area (TPSA) is 104 Å². The fourth-order valence-electron chi connectivity index (χ4n) is 3.84. The van der Waals surface area contributed by atoms with Crippen LogP contribution in [0.1, 0.15) is 32.1 Å². The second-order valence-corrected chi connectivity index (χ2v) is 7.99. The highest BCUT2D eigenvalue weighted by molar-refractivity contribution is 5.78. The van der Waals surface area contributed by atoms with Gasteiger partial charge in [-0.05, 0) is 39.0 Å². The second-order valence-electron chi connectivity index (χ2n) is 7.99. The molecule has 0 bridgehead atoms. The summed E-state index contributed by atoms with van der Waals surface area (Å²) in [5, 5.41) is 17.8. The summed E-state index contributed by atoms with van der Waals surface area (Å²) in [4.78, 5) is 20.2. The Hall–Kier alpha value is -1.71. The molecular formula is C17H29N5O4. The molecule has 1 amide bonds. The van der Waals surface area contributed by atoms with Crippen LogP contribution in [0.2, 0.25) is 0 Å². The van der Waals surface area contributed by atoms with Crippen LogP contribution < -0.4 is 10.2 Å². The lowest BCUT2D eigenvalue weighted by molar-refractivity contribution is -0.181. The van der Waals surface area contributed by atoms with E-state index in [9.17, 15) is 9.90 Å². The van der Waals surface area contributed by atoms with Crippen LogP contribution in [0, 0.1) is 6.92 Å². The predicted molar refractivity (Wildman–Crippen MR) is 94.9 cm³/mol. The largest absolute Gasteiger partial charge is 0.388 e. The average molecular weight is 367 g/mol. The molecule has 26 heavy (non-hydrogen) atoms. The molecule has 1 aromatic rings. The number of ether oxygens (including phenoxy) is 1. The van der Waals surface area contributed by atoms with Crippen LogP contribution in [0.15, 0.2) is 4.52 Å². The Morgan fingerprint density at radius 1 is 1.42 bits per heavy atom. The van der Waals surface area contributed by atoms with Crippen molar-refractivity contribution in [3.63, 3.8) is 0 Å². The van der Waals surface area contributed by atoms with Gasteiger partial charge in [-0.2, -0.15) is 4.98 Å². The normalized spacial score (nSPS) is 28.5. The number of amides is 1. The lowest BCUT2D eigenvalue weighted by Gasteiger charge is -2.51. The third kappa shape index (κ3) is 4.16. The highest BCUT2D eigenvalue weighted by atomic mass is 16.5. The summed E-state index contributed by atoms with van der Waals surface area (Å²) in [6, 6.07) is -0.404. The standard InChI is InChI=1S/C17H29N5O4/c1-12-18-15(20-26-12)22-7-5-17(6-8-22)11-16(2,24)13(10-25-17)19-14(23)9-21(3)4/h13,24H,5-11H2,1-4H3,(H,19,23)/t13-,16-/m0/s1. The number of carbonyl (C=O) groups is 1. The predicted octanol–water partition coefficient (Wildman–Crippen LogP) is -0.0653. The highest BCUT2D eigenvalue weighted by Gasteiger charge is 2.49. The van der Waals surface area contributed by atoms with Gasteiger partial charge in [0.05, 0.1) is 30.4 Å². The molecule has 2 aliphatic heterocycles. The van der Waals surface area contributed by atoms with Gasteiger partial charge < -0.3 is 29.5 Å². The van der Waals surface area contributed by atoms with E-state index in [1.54, 1.807) is 18.7 Å². The Morgan fingerprint density at radius 2 is 2.12 bits per heavy atom. The van der Waals surface area contributed by atoms with Gasteiger partial charge in [0.1, 0.15) is 0 Å². The number of carbonyl (C=O) groups excluding carboxylic acids is 1. The number of hydrogen-bond acceptors (Lipinski definition) is 8. The molecule has 2 N–H and O–H groups in total. The quantitative estimate of drug-likeness (QED) is 0.762. The van der Waals surface area contributed by atoms with Crippen LogP contribution in [0.25, 0.3) is 0 Å². The summed E-state index contributed by atoms with van der Waals surface area (Å²) in [5.74, 6) is 1.05. The molecule has 0 saturated carbocycles. The number of rotatable bonds is 4. The molecule has 3 heterocycles. The van der Waals surface area contributed by atoms with Gasteiger partial charge in [0.2, 0.25) is 11.8 Å². The Kier molecular flexibility index (Phi) is 5.23. The molecule has 2 atom stereocenters. The van der Waals surface area contributed by atoms with Crippen LogP contribution in [0.3, 0.4) is 0 Å². The number of aliphatic hydroxyl groups is 1. The molecule has 2 fully saturated rings. The lowest BCUT2D eigenvalue weighted by atomic mass is 9.76. The van der Waals surface area contributed by atoms with Crippen molar-refractivity contribution in [3.05, 3.63) is 5.89 Å². The monoisotopic (exact) mass is 367 g/mol. The van der Waals surface area contributed by atoms with E-state index in [-0.39, 0.29) is 18.1 Å². The van der Waals surface area contributed by atoms with Gasteiger partial charge in [0.25, 0.3) is 5.95 Å². The van der Waals surface area contributed by atoms with Crippen molar-refractivity contribution in [2.75, 3.05) is 45.2 Å². The number of piperidine rings is 1. The number of aromatic nitrogens is 2. The lowest BCUT2D eigenvalue weighted by Crippen LogP contribution is -2.64. The van der Waals surface area contributed by atoms with E-state index in [4.69, 9.17) is 9.26 Å². The first-order valence-electron chi connectivity index (χ1n) is 9.05. The Balaban J connectivity index is 1.58. The minimum absolute atomic E-state index is 0.109. The summed E-state index contributed by atoms with van der Waals surface area (Å²) in [5.41, 5.74) is -1.38. The van der Waals surface area contributed by atoms with E-state index < -0.39 is 11.6 Å². The van der Waals surface area contributed by atoms with E-state index in [2.05, 4.69) is 20.4 Å². The number of likely N-dealkylation sites (N-methyl/N-ethyl adjacent to an activating group) is 1. The van der Waals surface area contributed by atoms with Gasteiger partial charge in [0.15, 0.2) is 0 Å². The fourth-order valence-corrected chi connectivity index (χ4v) is 3.84. The van der Waals surface area contributed by atoms with Crippen molar-refractivity contribution < 1.29 is 19.2 Å². The molecule has 146 valence electrons. The van der Waals surface area contributed by atoms with Crippen LogP contribution in [-0.4, -0.2) is 83.6 Å². The zero-order valence-electron chi connectivity index (χ0n) is 16.0. The second kappa shape index (κ2) is 7.13. The Morgan fingerprint density at radius 3 is 2.65 bits per heavy atom. The van der Waals surface area contributed by atoms with Gasteiger partial charge in [-0.1, -0.05) is 0 Å². The third-order valence-corrected chi connectivity index (χ3v) is 5.26. The summed E-state index contributed by atoms with van der Waals surface area (Å²) in [6.07, 6.45) is 2.04. The van der Waals surface area contributed by atoms with Crippen molar-refractivity contribution >= 4 is 11.9 Å². The van der Waals surface area contributed by atoms with E-state index in [0.29, 0.717) is 24.9 Å². The van der Waals surface area contributed by atoms with Crippen LogP contribution in [-0.2, 0) is 9.53 Å². The van der Waals surface area contributed by atoms with Crippen LogP contribution in [0.5, 0.6) is 0 Å². The average Bonchev–Trinajstić information content (AvgIpc) is 2.96. The van der Waals surface area contributed by atoms with Crippen LogP contribution >= 0.6 is 0 Å². The number of nitrogens with zero attached hydrogens (tertiary/aromatic N) is 4. The van der Waals surface area contributed by atoms with Crippen molar-refractivity contribution in [2.24, 2.45) is 0 Å². The fraction of sp³-hybridized carbons (Fsp3) is 0.824. The number of aryl methyl sites for hydroxylation is 1. The van der Waals surface area contributed by atoms with Gasteiger partial charge in [0, 0.05) is 26.4 Å². The van der Waals surface area contributed by atoms with E-state index in [1.807, 2.05) is 14.1 Å². The first-order chi connectivity index (χ1) is 12.2. The van der Waals surface area contributed by atoms with Crippen LogP contribution in [0.4, 0.5) is 5.95 Å². The van der Waals surface area contributed by atoms with E-state index in [1.165, 1.54) is 0 Å². The number of anilines is 1. The highest BCUT2D eigenvalue weighted by Crippen LogP contribution is 2.40. The summed E-state index contributed by atoms with van der Waals surface area (Å²) in [7, 11) is 3.67. The van der Waals surface area contributed by atoms with Crippen molar-refractivity contribution in [3.8, 4) is 0 Å². The smallest absolute Gasteiger partial charge is 0.266 e. The van der Waals surface area contributed by atoms with Gasteiger partial charge >= 0.3 is 0 Å². The zero-order valence-corrected chi connectivity index (χ0v) is 16.0. The molecule has 3 rings (SSSR count). The number of hydrogen-bond donors (Lipinski definition) is 2. The van der Waals surface area contributed by atoms with Crippen molar-refractivity contribution in [1.29, 1.82) is 0 Å². The molecule has 9 nitrogen and oxygen atoms in total. The van der Waals surface area contributed by atoms with Crippen molar-refractivity contribution in [2.45, 2.75) is 50.4 Å². The molecule has 0 aliphatic carbocycles. The minimum atomic E-state index is -1.01. The molecule has 0 aromatic carbocycles. The molecule has 2 aliphatic rings. The molecular weight excluding hydrogens is 338 g/mol. The maximum Gasteiger partial charge on any atom is 0.266 e. The molecule has 1 spiro atoms. The van der Waals surface area contributed by atoms with E-state index >= 15 is 0 Å². The molecule has 9 heteroatoms. The van der Waals surface area contributed by atoms with Gasteiger partial charge in [-0.15, -0.1) is 0 Å². The number of nitrogens with one attached hydrogen (secondary N) is 1. The summed E-state index contributed by atoms with van der Waals surface area (Å²) < 4.78 is 11.2. The Bertz CT molecular complexity index is 637.